The van der Waals surface area contributed by atoms with Crippen molar-refractivity contribution >= 4 is 24.4 Å². The molecule has 2 saturated heterocycles. The van der Waals surface area contributed by atoms with Crippen LogP contribution in [-0.4, -0.2) is 87.7 Å². The molecule has 1 aromatic rings. The first kappa shape index (κ1) is 21.0. The minimum absolute atomic E-state index is 0.0220. The van der Waals surface area contributed by atoms with Gasteiger partial charge in [0.15, 0.2) is 6.10 Å². The van der Waals surface area contributed by atoms with Gasteiger partial charge in [0.1, 0.15) is 0 Å². The van der Waals surface area contributed by atoms with Crippen LogP contribution in [-0.2, 0) is 14.1 Å². The molecule has 28 heavy (non-hydrogen) atoms. The van der Waals surface area contributed by atoms with E-state index in [9.17, 15) is 9.90 Å². The molecule has 0 bridgehead atoms. The van der Waals surface area contributed by atoms with Crippen molar-refractivity contribution in [2.75, 3.05) is 31.1 Å². The zero-order chi connectivity index (χ0) is 20.7. The number of aromatic nitrogens is 2. The minimum Gasteiger partial charge on any atom is -0.399 e. The van der Waals surface area contributed by atoms with Gasteiger partial charge >= 0.3 is 7.12 Å². The van der Waals surface area contributed by atoms with Gasteiger partial charge in [-0.1, -0.05) is 0 Å². The number of carbonyl (C=O) groups is 1. The summed E-state index contributed by atoms with van der Waals surface area (Å²) in [4.78, 5) is 24.6. The number of aliphatic hydroxyl groups excluding tert-OH is 2. The second-order valence-electron chi connectivity index (χ2n) is 8.43. The summed E-state index contributed by atoms with van der Waals surface area (Å²) in [5.74, 6) is 0.119. The van der Waals surface area contributed by atoms with Crippen molar-refractivity contribution in [2.24, 2.45) is 0 Å². The SMILES string of the molecule is C[C@H]1CN(C(=O)[C@H](O)CO)CCN1c1ncc(B2OC(C)(C)C(C)(C)O2)cn1. The number of nitrogens with zero attached hydrogens (tertiary/aromatic N) is 4. The highest BCUT2D eigenvalue weighted by Gasteiger charge is 2.52. The molecule has 2 aliphatic rings. The van der Waals surface area contributed by atoms with Gasteiger partial charge in [0, 0.05) is 43.5 Å². The van der Waals surface area contributed by atoms with Crippen LogP contribution < -0.4 is 10.4 Å². The first-order valence-corrected chi connectivity index (χ1v) is 9.57. The highest BCUT2D eigenvalue weighted by molar-refractivity contribution is 6.61. The van der Waals surface area contributed by atoms with Crippen molar-refractivity contribution in [3.05, 3.63) is 12.4 Å². The van der Waals surface area contributed by atoms with E-state index in [0.717, 1.165) is 5.46 Å². The van der Waals surface area contributed by atoms with E-state index in [4.69, 9.17) is 14.4 Å². The van der Waals surface area contributed by atoms with Gasteiger partial charge in [0.05, 0.1) is 17.8 Å². The third-order valence-electron chi connectivity index (χ3n) is 5.84. The number of rotatable bonds is 4. The Kier molecular flexibility index (Phi) is 5.68. The maximum absolute atomic E-state index is 12.1. The maximum atomic E-state index is 12.1. The highest BCUT2D eigenvalue weighted by Crippen LogP contribution is 2.36. The van der Waals surface area contributed by atoms with Crippen LogP contribution in [0.4, 0.5) is 5.95 Å². The zero-order valence-electron chi connectivity index (χ0n) is 17.1. The Morgan fingerprint density at radius 1 is 1.25 bits per heavy atom. The first-order valence-electron chi connectivity index (χ1n) is 9.57. The first-order chi connectivity index (χ1) is 13.1. The molecule has 0 aliphatic carbocycles. The molecule has 0 saturated carbocycles. The smallest absolute Gasteiger partial charge is 0.399 e. The lowest BCUT2D eigenvalue weighted by atomic mass is 9.81. The van der Waals surface area contributed by atoms with Crippen molar-refractivity contribution in [3.63, 3.8) is 0 Å². The van der Waals surface area contributed by atoms with Crippen LogP contribution >= 0.6 is 0 Å². The van der Waals surface area contributed by atoms with Crippen molar-refractivity contribution in [2.45, 2.75) is 58.0 Å². The summed E-state index contributed by atoms with van der Waals surface area (Å²) >= 11 is 0. The van der Waals surface area contributed by atoms with Gasteiger partial charge < -0.3 is 29.3 Å². The van der Waals surface area contributed by atoms with Crippen LogP contribution in [0.1, 0.15) is 34.6 Å². The van der Waals surface area contributed by atoms with Crippen molar-refractivity contribution in [3.8, 4) is 0 Å². The molecule has 3 heterocycles. The Bertz CT molecular complexity index is 698. The summed E-state index contributed by atoms with van der Waals surface area (Å²) in [6.45, 7) is 10.8. The molecule has 10 heteroatoms. The van der Waals surface area contributed by atoms with E-state index >= 15 is 0 Å². The third kappa shape index (κ3) is 3.87. The van der Waals surface area contributed by atoms with Crippen LogP contribution in [0.2, 0.25) is 0 Å². The lowest BCUT2D eigenvalue weighted by Crippen LogP contribution is -2.56. The predicted octanol–water partition coefficient (Wildman–Crippen LogP) is -0.834. The van der Waals surface area contributed by atoms with E-state index in [2.05, 4.69) is 9.97 Å². The van der Waals surface area contributed by atoms with Crippen LogP contribution in [0.25, 0.3) is 0 Å². The Hall–Kier alpha value is -1.75. The topological polar surface area (TPSA) is 108 Å². The monoisotopic (exact) mass is 392 g/mol. The number of amides is 1. The highest BCUT2D eigenvalue weighted by atomic mass is 16.7. The lowest BCUT2D eigenvalue weighted by Gasteiger charge is -2.40. The number of hydrogen-bond acceptors (Lipinski definition) is 8. The molecule has 0 radical (unpaired) electrons. The van der Waals surface area contributed by atoms with E-state index in [-0.39, 0.29) is 6.04 Å². The van der Waals surface area contributed by atoms with E-state index in [1.165, 1.54) is 0 Å². The fourth-order valence-electron chi connectivity index (χ4n) is 3.32. The summed E-state index contributed by atoms with van der Waals surface area (Å²) in [6, 6.07) is -0.0220. The molecule has 3 rings (SSSR count). The van der Waals surface area contributed by atoms with E-state index in [0.29, 0.717) is 25.6 Å². The van der Waals surface area contributed by atoms with Gasteiger partial charge in [-0.25, -0.2) is 9.97 Å². The van der Waals surface area contributed by atoms with Gasteiger partial charge in [-0.2, -0.15) is 0 Å². The molecule has 9 nitrogen and oxygen atoms in total. The van der Waals surface area contributed by atoms with Crippen LogP contribution in [0, 0.1) is 0 Å². The van der Waals surface area contributed by atoms with Gasteiger partial charge in [-0.15, -0.1) is 0 Å². The number of hydrogen-bond donors (Lipinski definition) is 2. The fourth-order valence-corrected chi connectivity index (χ4v) is 3.32. The number of carbonyl (C=O) groups excluding carboxylic acids is 1. The summed E-state index contributed by atoms with van der Waals surface area (Å²) in [5, 5.41) is 18.5. The molecule has 1 aromatic heterocycles. The van der Waals surface area contributed by atoms with Gasteiger partial charge in [-0.3, -0.25) is 4.79 Å². The van der Waals surface area contributed by atoms with Gasteiger partial charge in [0.25, 0.3) is 5.91 Å². The summed E-state index contributed by atoms with van der Waals surface area (Å²) < 4.78 is 12.1. The van der Waals surface area contributed by atoms with Crippen molar-refractivity contribution in [1.82, 2.24) is 14.9 Å². The van der Waals surface area contributed by atoms with Crippen LogP contribution in [0.15, 0.2) is 12.4 Å². The van der Waals surface area contributed by atoms with Crippen molar-refractivity contribution < 1.29 is 24.3 Å². The quantitative estimate of drug-likeness (QED) is 0.640. The second kappa shape index (κ2) is 7.59. The largest absolute Gasteiger partial charge is 0.498 e. The zero-order valence-corrected chi connectivity index (χ0v) is 17.1. The summed E-state index contributed by atoms with van der Waals surface area (Å²) in [5.41, 5.74) is -0.0883. The molecule has 1 amide bonds. The summed E-state index contributed by atoms with van der Waals surface area (Å²) in [7, 11) is -0.508. The van der Waals surface area contributed by atoms with E-state index < -0.39 is 36.9 Å². The number of anilines is 1. The third-order valence-corrected chi connectivity index (χ3v) is 5.84. The molecular formula is C18H29BN4O5. The van der Waals surface area contributed by atoms with E-state index in [1.54, 1.807) is 17.3 Å². The molecule has 154 valence electrons. The average Bonchev–Trinajstić information content (AvgIpc) is 2.88. The van der Waals surface area contributed by atoms with E-state index in [1.807, 2.05) is 39.5 Å². The standard InChI is InChI=1S/C18H29BN4O5/c1-12-10-22(15(26)14(25)11-24)6-7-23(12)16-20-8-13(9-21-16)19-27-17(2,3)18(4,5)28-19/h8-9,12,14,24-25H,6-7,10-11H2,1-5H3/t12-,14+/m0/s1. The molecule has 2 atom stereocenters. The molecule has 2 fully saturated rings. The molecule has 0 unspecified atom stereocenters. The molecule has 0 aromatic carbocycles. The van der Waals surface area contributed by atoms with Gasteiger partial charge in [0.2, 0.25) is 5.95 Å². The molecule has 2 N–H and O–H groups in total. The normalized spacial score (nSPS) is 25.1. The van der Waals surface area contributed by atoms with Gasteiger partial charge in [-0.05, 0) is 34.6 Å². The second-order valence-corrected chi connectivity index (χ2v) is 8.43. The predicted molar refractivity (Wildman–Crippen MR) is 104 cm³/mol. The molecule has 0 spiro atoms. The summed E-state index contributed by atoms with van der Waals surface area (Å²) in [6.07, 6.45) is 2.06. The Morgan fingerprint density at radius 3 is 2.32 bits per heavy atom. The number of aliphatic hydroxyl groups is 2. The minimum atomic E-state index is -1.37. The lowest BCUT2D eigenvalue weighted by molar-refractivity contribution is -0.142. The Labute approximate surface area is 165 Å². The molecular weight excluding hydrogens is 363 g/mol. The Balaban J connectivity index is 1.66. The van der Waals surface area contributed by atoms with Crippen LogP contribution in [0.3, 0.4) is 0 Å². The molecule has 2 aliphatic heterocycles. The number of piperazine rings is 1. The maximum Gasteiger partial charge on any atom is 0.498 e. The Morgan fingerprint density at radius 2 is 1.82 bits per heavy atom. The fraction of sp³-hybridized carbons (Fsp3) is 0.722. The van der Waals surface area contributed by atoms with Crippen LogP contribution in [0.5, 0.6) is 0 Å². The van der Waals surface area contributed by atoms with Crippen molar-refractivity contribution in [1.29, 1.82) is 0 Å². The average molecular weight is 392 g/mol.